The van der Waals surface area contributed by atoms with E-state index in [9.17, 15) is 4.79 Å². The van der Waals surface area contributed by atoms with E-state index in [1.807, 2.05) is 29.2 Å². The lowest BCUT2D eigenvalue weighted by molar-refractivity contribution is 0.114. The first-order chi connectivity index (χ1) is 12.2. The van der Waals surface area contributed by atoms with Crippen LogP contribution in [0, 0.1) is 0 Å². The third-order valence-corrected chi connectivity index (χ3v) is 4.54. The largest absolute Gasteiger partial charge is 0.376 e. The monoisotopic (exact) mass is 345 g/mol. The zero-order valence-corrected chi connectivity index (χ0v) is 14.5. The number of carbonyl (C=O) groups is 1. The van der Waals surface area contributed by atoms with Gasteiger partial charge >= 0.3 is 6.03 Å². The van der Waals surface area contributed by atoms with Crippen molar-refractivity contribution >= 4 is 17.7 Å². The molecule has 1 aromatic rings. The first kappa shape index (κ1) is 17.5. The summed E-state index contributed by atoms with van der Waals surface area (Å²) < 4.78 is 5.54. The van der Waals surface area contributed by atoms with E-state index in [2.05, 4.69) is 15.6 Å². The number of urea groups is 1. The molecule has 25 heavy (non-hydrogen) atoms. The molecule has 0 bridgehead atoms. The van der Waals surface area contributed by atoms with Crippen LogP contribution < -0.4 is 16.4 Å². The molecule has 136 valence electrons. The summed E-state index contributed by atoms with van der Waals surface area (Å²) >= 11 is 0. The van der Waals surface area contributed by atoms with E-state index in [-0.39, 0.29) is 12.1 Å². The summed E-state index contributed by atoms with van der Waals surface area (Å²) in [6.07, 6.45) is 4.58. The maximum absolute atomic E-state index is 12.1. The third kappa shape index (κ3) is 5.35. The Morgan fingerprint density at radius 2 is 2.16 bits per heavy atom. The number of nitrogens with one attached hydrogen (secondary N) is 2. The summed E-state index contributed by atoms with van der Waals surface area (Å²) in [7, 11) is 0. The molecule has 3 rings (SSSR count). The number of anilines is 1. The summed E-state index contributed by atoms with van der Waals surface area (Å²) in [6.45, 7) is 3.67. The average molecular weight is 345 g/mol. The second-order valence-corrected chi connectivity index (χ2v) is 6.54. The lowest BCUT2D eigenvalue weighted by Gasteiger charge is -2.16. The molecule has 2 amide bonds. The van der Waals surface area contributed by atoms with Gasteiger partial charge in [0.25, 0.3) is 0 Å². The Morgan fingerprint density at radius 1 is 1.32 bits per heavy atom. The summed E-state index contributed by atoms with van der Waals surface area (Å²) in [5.41, 5.74) is 7.70. The van der Waals surface area contributed by atoms with Crippen molar-refractivity contribution < 1.29 is 9.53 Å². The fourth-order valence-corrected chi connectivity index (χ4v) is 3.13. The number of benzene rings is 1. The average Bonchev–Trinajstić information content (AvgIpc) is 3.32. The van der Waals surface area contributed by atoms with Crippen molar-refractivity contribution in [3.63, 3.8) is 0 Å². The van der Waals surface area contributed by atoms with Crippen LogP contribution in [0.25, 0.3) is 0 Å². The molecule has 0 spiro atoms. The van der Waals surface area contributed by atoms with Gasteiger partial charge in [-0.25, -0.2) is 9.79 Å². The number of carbonyl (C=O) groups excluding carboxylic acids is 1. The Balaban J connectivity index is 1.48. The fraction of sp³-hybridized carbons (Fsp3) is 0.556. The summed E-state index contributed by atoms with van der Waals surface area (Å²) in [5, 5.41) is 6.05. The van der Waals surface area contributed by atoms with Crippen LogP contribution in [-0.4, -0.2) is 49.2 Å². The number of ether oxygens (including phenoxy) is 1. The first-order valence-corrected chi connectivity index (χ1v) is 9.01. The SMILES string of the molecule is NC(=NCc1cccc(NC(=O)N2CCCC2)c1)NCC1CCCO1. The first-order valence-electron chi connectivity index (χ1n) is 9.01. The molecule has 0 aromatic heterocycles. The molecule has 1 aromatic carbocycles. The van der Waals surface area contributed by atoms with E-state index < -0.39 is 0 Å². The van der Waals surface area contributed by atoms with Crippen molar-refractivity contribution in [2.45, 2.75) is 38.3 Å². The van der Waals surface area contributed by atoms with E-state index in [0.29, 0.717) is 19.0 Å². The molecular weight excluding hydrogens is 318 g/mol. The molecule has 2 aliphatic heterocycles. The molecule has 7 nitrogen and oxygen atoms in total. The Morgan fingerprint density at radius 3 is 2.92 bits per heavy atom. The van der Waals surface area contributed by atoms with Crippen molar-refractivity contribution in [1.82, 2.24) is 10.2 Å². The Kier molecular flexibility index (Phi) is 6.11. The minimum Gasteiger partial charge on any atom is -0.376 e. The van der Waals surface area contributed by atoms with Gasteiger partial charge in [0.1, 0.15) is 0 Å². The Bertz CT molecular complexity index is 607. The molecule has 2 aliphatic rings. The molecule has 1 atom stereocenters. The van der Waals surface area contributed by atoms with Crippen molar-refractivity contribution in [2.75, 3.05) is 31.6 Å². The highest BCUT2D eigenvalue weighted by Crippen LogP contribution is 2.15. The maximum atomic E-state index is 12.1. The van der Waals surface area contributed by atoms with Crippen LogP contribution in [0.4, 0.5) is 10.5 Å². The summed E-state index contributed by atoms with van der Waals surface area (Å²) in [4.78, 5) is 18.4. The van der Waals surface area contributed by atoms with Gasteiger partial charge < -0.3 is 26.0 Å². The number of rotatable bonds is 5. The number of nitrogens with two attached hydrogens (primary N) is 1. The van der Waals surface area contributed by atoms with Gasteiger partial charge in [-0.3, -0.25) is 0 Å². The van der Waals surface area contributed by atoms with Crippen LogP contribution in [0.5, 0.6) is 0 Å². The van der Waals surface area contributed by atoms with Crippen LogP contribution in [0.3, 0.4) is 0 Å². The predicted octanol–water partition coefficient (Wildman–Crippen LogP) is 1.90. The molecule has 4 N–H and O–H groups in total. The molecule has 1 unspecified atom stereocenters. The number of likely N-dealkylation sites (tertiary alicyclic amines) is 1. The van der Waals surface area contributed by atoms with Gasteiger partial charge in [0.15, 0.2) is 5.96 Å². The van der Waals surface area contributed by atoms with Crippen molar-refractivity contribution in [3.8, 4) is 0 Å². The lowest BCUT2D eigenvalue weighted by Crippen LogP contribution is -2.37. The Hall–Kier alpha value is -2.28. The smallest absolute Gasteiger partial charge is 0.321 e. The van der Waals surface area contributed by atoms with E-state index in [4.69, 9.17) is 10.5 Å². The van der Waals surface area contributed by atoms with Crippen LogP contribution in [0.2, 0.25) is 0 Å². The fourth-order valence-electron chi connectivity index (χ4n) is 3.13. The van der Waals surface area contributed by atoms with E-state index in [1.54, 1.807) is 0 Å². The molecule has 7 heteroatoms. The molecule has 2 heterocycles. The van der Waals surface area contributed by atoms with Gasteiger partial charge in [0, 0.05) is 31.9 Å². The highest BCUT2D eigenvalue weighted by atomic mass is 16.5. The minimum atomic E-state index is -0.0316. The van der Waals surface area contributed by atoms with Gasteiger partial charge in [0.2, 0.25) is 0 Å². The second-order valence-electron chi connectivity index (χ2n) is 6.54. The van der Waals surface area contributed by atoms with E-state index in [1.165, 1.54) is 0 Å². The van der Waals surface area contributed by atoms with Crippen molar-refractivity contribution in [2.24, 2.45) is 10.7 Å². The van der Waals surface area contributed by atoms with Gasteiger partial charge in [-0.2, -0.15) is 0 Å². The van der Waals surface area contributed by atoms with Crippen LogP contribution in [0.1, 0.15) is 31.2 Å². The zero-order valence-electron chi connectivity index (χ0n) is 14.5. The number of nitrogens with zero attached hydrogens (tertiary/aromatic N) is 2. The maximum Gasteiger partial charge on any atom is 0.321 e. The zero-order chi connectivity index (χ0) is 17.5. The highest BCUT2D eigenvalue weighted by Gasteiger charge is 2.17. The van der Waals surface area contributed by atoms with E-state index in [0.717, 1.165) is 56.6 Å². The number of hydrogen-bond acceptors (Lipinski definition) is 3. The Labute approximate surface area is 148 Å². The van der Waals surface area contributed by atoms with Crippen LogP contribution in [-0.2, 0) is 11.3 Å². The quantitative estimate of drug-likeness (QED) is 0.561. The second kappa shape index (κ2) is 8.71. The number of hydrogen-bond donors (Lipinski definition) is 3. The van der Waals surface area contributed by atoms with Gasteiger partial charge in [-0.15, -0.1) is 0 Å². The van der Waals surface area contributed by atoms with Crippen molar-refractivity contribution in [1.29, 1.82) is 0 Å². The highest BCUT2D eigenvalue weighted by molar-refractivity contribution is 5.89. The van der Waals surface area contributed by atoms with Gasteiger partial charge in [0.05, 0.1) is 12.6 Å². The number of guanidine groups is 1. The van der Waals surface area contributed by atoms with E-state index >= 15 is 0 Å². The lowest BCUT2D eigenvalue weighted by atomic mass is 10.2. The third-order valence-electron chi connectivity index (χ3n) is 4.54. The molecule has 0 aliphatic carbocycles. The van der Waals surface area contributed by atoms with Gasteiger partial charge in [-0.05, 0) is 43.4 Å². The summed E-state index contributed by atoms with van der Waals surface area (Å²) in [5.74, 6) is 0.419. The van der Waals surface area contributed by atoms with Crippen LogP contribution in [0.15, 0.2) is 29.3 Å². The van der Waals surface area contributed by atoms with Gasteiger partial charge in [-0.1, -0.05) is 12.1 Å². The van der Waals surface area contributed by atoms with Crippen LogP contribution >= 0.6 is 0 Å². The predicted molar refractivity (Wildman–Crippen MR) is 98.6 cm³/mol. The molecular formula is C18H27N5O2. The molecule has 0 radical (unpaired) electrons. The number of aliphatic imine (C=N–C) groups is 1. The minimum absolute atomic E-state index is 0.0316. The topological polar surface area (TPSA) is 92.0 Å². The molecule has 2 fully saturated rings. The standard InChI is InChI=1S/C18H27N5O2/c19-17(21-13-16-7-4-10-25-16)20-12-14-5-3-6-15(11-14)22-18(24)23-8-1-2-9-23/h3,5-6,11,16H,1-2,4,7-10,12-13H2,(H,22,24)(H3,19,20,21). The normalized spacial score (nSPS) is 20.7. The number of amides is 2. The molecule has 2 saturated heterocycles. The molecule has 0 saturated carbocycles. The van der Waals surface area contributed by atoms with Crippen molar-refractivity contribution in [3.05, 3.63) is 29.8 Å². The summed E-state index contributed by atoms with van der Waals surface area (Å²) in [6, 6.07) is 7.68.